The first kappa shape index (κ1) is 22.9. The van der Waals surface area contributed by atoms with E-state index < -0.39 is 0 Å². The number of aryl methyl sites for hydroxylation is 2. The van der Waals surface area contributed by atoms with E-state index in [9.17, 15) is 4.79 Å². The molecule has 2 heterocycles. The highest BCUT2D eigenvalue weighted by Crippen LogP contribution is 2.36. The van der Waals surface area contributed by atoms with Gasteiger partial charge in [0.25, 0.3) is 5.91 Å². The molecule has 5 nitrogen and oxygen atoms in total. The number of nitrogens with one attached hydrogen (secondary N) is 1. The average molecular weight is 493 g/mol. The van der Waals surface area contributed by atoms with E-state index in [2.05, 4.69) is 42.3 Å². The maximum absolute atomic E-state index is 13.5. The molecule has 1 atom stereocenters. The van der Waals surface area contributed by atoms with Gasteiger partial charge in [-0.3, -0.25) is 4.79 Å². The molecular weight excluding hydrogens is 467 g/mol. The molecule has 1 aliphatic carbocycles. The zero-order valence-electron chi connectivity index (χ0n) is 19.4. The first-order chi connectivity index (χ1) is 16.3. The Kier molecular flexibility index (Phi) is 6.09. The van der Waals surface area contributed by atoms with E-state index >= 15 is 0 Å². The molecule has 0 aliphatic heterocycles. The Labute approximate surface area is 209 Å². The summed E-state index contributed by atoms with van der Waals surface area (Å²) in [7, 11) is 0. The fourth-order valence-electron chi connectivity index (χ4n) is 4.98. The van der Waals surface area contributed by atoms with Crippen LogP contribution >= 0.6 is 23.2 Å². The molecule has 2 aromatic heterocycles. The highest BCUT2D eigenvalue weighted by atomic mass is 35.5. The molecule has 0 fully saturated rings. The molecule has 2 aromatic carbocycles. The number of aromatic nitrogens is 3. The maximum Gasteiger partial charge on any atom is 0.255 e. The lowest BCUT2D eigenvalue weighted by Gasteiger charge is -2.27. The standard InChI is InChI=1S/C27H26Cl2N4O/c1-15(2)25-21(27(34)31-23-10-6-8-17-7-4-5-9-19(17)23)14-30-26-24(16(3)32-33(25)26)20-13-18(28)11-12-22(20)29/h4-5,7,9,11-15,23H,6,8,10H2,1-3H3,(H,31,34)/t23-/m0/s1. The minimum absolute atomic E-state index is 0.00616. The van der Waals surface area contributed by atoms with E-state index in [0.717, 1.165) is 41.8 Å². The highest BCUT2D eigenvalue weighted by molar-refractivity contribution is 6.35. The van der Waals surface area contributed by atoms with Gasteiger partial charge in [-0.25, -0.2) is 9.50 Å². The van der Waals surface area contributed by atoms with Gasteiger partial charge in [0.1, 0.15) is 0 Å². The van der Waals surface area contributed by atoms with Crippen LogP contribution in [0.25, 0.3) is 16.8 Å². The summed E-state index contributed by atoms with van der Waals surface area (Å²) in [5, 5.41) is 9.21. The number of hydrogen-bond donors (Lipinski definition) is 1. The summed E-state index contributed by atoms with van der Waals surface area (Å²) in [6.07, 6.45) is 4.69. The van der Waals surface area contributed by atoms with Gasteiger partial charge in [-0.05, 0) is 61.4 Å². The second-order valence-corrected chi connectivity index (χ2v) is 9.99. The van der Waals surface area contributed by atoms with Crippen molar-refractivity contribution in [1.82, 2.24) is 19.9 Å². The predicted molar refractivity (Wildman–Crippen MR) is 137 cm³/mol. The molecule has 0 saturated carbocycles. The summed E-state index contributed by atoms with van der Waals surface area (Å²) < 4.78 is 1.79. The van der Waals surface area contributed by atoms with Gasteiger partial charge in [0, 0.05) is 21.8 Å². The van der Waals surface area contributed by atoms with E-state index in [4.69, 9.17) is 28.3 Å². The number of carbonyl (C=O) groups is 1. The molecule has 0 spiro atoms. The van der Waals surface area contributed by atoms with Gasteiger partial charge in [0.15, 0.2) is 5.65 Å². The van der Waals surface area contributed by atoms with Gasteiger partial charge >= 0.3 is 0 Å². The minimum atomic E-state index is -0.129. The van der Waals surface area contributed by atoms with Crippen LogP contribution < -0.4 is 5.32 Å². The summed E-state index contributed by atoms with van der Waals surface area (Å²) in [6, 6.07) is 13.7. The van der Waals surface area contributed by atoms with Crippen molar-refractivity contribution in [2.45, 2.75) is 52.0 Å². The fraction of sp³-hybridized carbons (Fsp3) is 0.296. The summed E-state index contributed by atoms with van der Waals surface area (Å²) in [4.78, 5) is 18.2. The van der Waals surface area contributed by atoms with E-state index in [0.29, 0.717) is 21.3 Å². The van der Waals surface area contributed by atoms with Gasteiger partial charge < -0.3 is 5.32 Å². The van der Waals surface area contributed by atoms with Crippen molar-refractivity contribution in [3.05, 3.63) is 86.8 Å². The number of hydrogen-bond acceptors (Lipinski definition) is 3. The van der Waals surface area contributed by atoms with E-state index in [1.54, 1.807) is 22.8 Å². The Bertz CT molecular complexity index is 1410. The normalized spacial score (nSPS) is 15.5. The van der Waals surface area contributed by atoms with Gasteiger partial charge in [-0.1, -0.05) is 61.3 Å². The van der Waals surface area contributed by atoms with Gasteiger partial charge in [0.2, 0.25) is 0 Å². The first-order valence-corrected chi connectivity index (χ1v) is 12.3. The number of halogens is 2. The van der Waals surface area contributed by atoms with Crippen molar-refractivity contribution < 1.29 is 4.79 Å². The molecule has 0 unspecified atom stereocenters. The van der Waals surface area contributed by atoms with E-state index in [1.807, 2.05) is 19.1 Å². The van der Waals surface area contributed by atoms with Crippen molar-refractivity contribution >= 4 is 34.8 Å². The third kappa shape index (κ3) is 3.97. The predicted octanol–water partition coefficient (Wildman–Crippen LogP) is 6.94. The van der Waals surface area contributed by atoms with Crippen LogP contribution in [0.2, 0.25) is 10.0 Å². The zero-order valence-corrected chi connectivity index (χ0v) is 20.9. The molecule has 5 rings (SSSR count). The summed E-state index contributed by atoms with van der Waals surface area (Å²) in [6.45, 7) is 6.04. The molecule has 1 amide bonds. The SMILES string of the molecule is Cc1nn2c(C(C)C)c(C(=O)N[C@H]3CCCc4ccccc43)cnc2c1-c1cc(Cl)ccc1Cl. The van der Waals surface area contributed by atoms with Crippen LogP contribution in [-0.4, -0.2) is 20.5 Å². The molecule has 1 N–H and O–H groups in total. The molecule has 4 aromatic rings. The second-order valence-electron chi connectivity index (χ2n) is 9.15. The maximum atomic E-state index is 13.5. The molecule has 7 heteroatoms. The highest BCUT2D eigenvalue weighted by Gasteiger charge is 2.27. The fourth-order valence-corrected chi connectivity index (χ4v) is 5.37. The molecule has 0 saturated heterocycles. The van der Waals surface area contributed by atoms with Crippen molar-refractivity contribution in [3.63, 3.8) is 0 Å². The Balaban J connectivity index is 1.59. The van der Waals surface area contributed by atoms with Gasteiger partial charge in [-0.2, -0.15) is 5.10 Å². The number of fused-ring (bicyclic) bond motifs is 2. The lowest BCUT2D eigenvalue weighted by Crippen LogP contribution is -2.32. The van der Waals surface area contributed by atoms with Crippen LogP contribution in [0.4, 0.5) is 0 Å². The van der Waals surface area contributed by atoms with Crippen LogP contribution in [0.15, 0.2) is 48.7 Å². The number of nitrogens with zero attached hydrogens (tertiary/aromatic N) is 3. The van der Waals surface area contributed by atoms with Crippen LogP contribution in [0, 0.1) is 6.92 Å². The quantitative estimate of drug-likeness (QED) is 0.335. The smallest absolute Gasteiger partial charge is 0.255 e. The van der Waals surface area contributed by atoms with Gasteiger partial charge in [-0.15, -0.1) is 0 Å². The van der Waals surface area contributed by atoms with Crippen LogP contribution in [-0.2, 0) is 6.42 Å². The summed E-state index contributed by atoms with van der Waals surface area (Å²) in [5.41, 5.74) is 6.90. The van der Waals surface area contributed by atoms with E-state index in [-0.39, 0.29) is 17.9 Å². The first-order valence-electron chi connectivity index (χ1n) is 11.6. The number of benzene rings is 2. The number of amides is 1. The van der Waals surface area contributed by atoms with Crippen molar-refractivity contribution in [1.29, 1.82) is 0 Å². The van der Waals surface area contributed by atoms with Crippen LogP contribution in [0.1, 0.15) is 71.5 Å². The minimum Gasteiger partial charge on any atom is -0.345 e. The molecule has 1 aliphatic rings. The van der Waals surface area contributed by atoms with Crippen molar-refractivity contribution in [3.8, 4) is 11.1 Å². The third-order valence-corrected chi connectivity index (χ3v) is 7.08. The second kappa shape index (κ2) is 9.05. The van der Waals surface area contributed by atoms with E-state index in [1.165, 1.54) is 11.1 Å². The lowest BCUT2D eigenvalue weighted by atomic mass is 9.87. The average Bonchev–Trinajstić information content (AvgIpc) is 3.15. The van der Waals surface area contributed by atoms with Crippen molar-refractivity contribution in [2.24, 2.45) is 0 Å². The molecule has 0 bridgehead atoms. The summed E-state index contributed by atoms with van der Waals surface area (Å²) in [5.74, 6) is -0.0813. The molecule has 0 radical (unpaired) electrons. The van der Waals surface area contributed by atoms with Crippen molar-refractivity contribution in [2.75, 3.05) is 0 Å². The number of carbonyl (C=O) groups excluding carboxylic acids is 1. The third-order valence-electron chi connectivity index (χ3n) is 6.52. The number of rotatable bonds is 4. The Morgan fingerprint density at radius 3 is 2.76 bits per heavy atom. The summed E-state index contributed by atoms with van der Waals surface area (Å²) >= 11 is 12.8. The van der Waals surface area contributed by atoms with Crippen LogP contribution in [0.3, 0.4) is 0 Å². The zero-order chi connectivity index (χ0) is 24.0. The topological polar surface area (TPSA) is 59.3 Å². The molecule has 174 valence electrons. The molecular formula is C27H26Cl2N4O. The molecule has 34 heavy (non-hydrogen) atoms. The lowest BCUT2D eigenvalue weighted by molar-refractivity contribution is 0.0930. The monoisotopic (exact) mass is 492 g/mol. The van der Waals surface area contributed by atoms with Crippen LogP contribution in [0.5, 0.6) is 0 Å². The van der Waals surface area contributed by atoms with Gasteiger partial charge in [0.05, 0.1) is 28.6 Å². The Morgan fingerprint density at radius 2 is 1.97 bits per heavy atom. The Morgan fingerprint density at radius 1 is 1.18 bits per heavy atom. The Hall–Kier alpha value is -2.89. The largest absolute Gasteiger partial charge is 0.345 e.